The SMILES string of the molecule is COc1ccccc1Nc1cc(Nc2ccccc2OC)c2c(c1)C(=O)c1ccccc1C2=O. The molecular formula is C28H22N2O4. The molecule has 0 spiro atoms. The molecule has 168 valence electrons. The molecule has 4 aromatic rings. The lowest BCUT2D eigenvalue weighted by atomic mass is 9.83. The number of hydrogen-bond donors (Lipinski definition) is 2. The summed E-state index contributed by atoms with van der Waals surface area (Å²) in [5, 5.41) is 6.65. The van der Waals surface area contributed by atoms with Crippen molar-refractivity contribution in [2.24, 2.45) is 0 Å². The van der Waals surface area contributed by atoms with E-state index in [2.05, 4.69) is 10.6 Å². The Bertz CT molecular complexity index is 1430. The minimum atomic E-state index is -0.202. The van der Waals surface area contributed by atoms with E-state index in [4.69, 9.17) is 9.47 Å². The van der Waals surface area contributed by atoms with Crippen LogP contribution in [0.25, 0.3) is 0 Å². The van der Waals surface area contributed by atoms with Crippen LogP contribution in [-0.2, 0) is 0 Å². The van der Waals surface area contributed by atoms with Crippen molar-refractivity contribution >= 4 is 34.3 Å². The number of anilines is 4. The Balaban J connectivity index is 1.68. The molecular weight excluding hydrogens is 428 g/mol. The lowest BCUT2D eigenvalue weighted by Crippen LogP contribution is -2.22. The maximum absolute atomic E-state index is 13.5. The van der Waals surface area contributed by atoms with Crippen LogP contribution in [0.15, 0.2) is 84.9 Å². The Morgan fingerprint density at radius 3 is 1.71 bits per heavy atom. The van der Waals surface area contributed by atoms with Crippen LogP contribution in [0.2, 0.25) is 0 Å². The van der Waals surface area contributed by atoms with Gasteiger partial charge in [0.25, 0.3) is 0 Å². The van der Waals surface area contributed by atoms with Crippen molar-refractivity contribution in [3.8, 4) is 11.5 Å². The van der Waals surface area contributed by atoms with Gasteiger partial charge in [-0.2, -0.15) is 0 Å². The average Bonchev–Trinajstić information content (AvgIpc) is 2.87. The molecule has 0 aliphatic heterocycles. The highest BCUT2D eigenvalue weighted by Crippen LogP contribution is 2.39. The van der Waals surface area contributed by atoms with Crippen molar-refractivity contribution in [1.82, 2.24) is 0 Å². The molecule has 0 amide bonds. The summed E-state index contributed by atoms with van der Waals surface area (Å²) >= 11 is 0. The van der Waals surface area contributed by atoms with Gasteiger partial charge < -0.3 is 20.1 Å². The molecule has 1 aliphatic carbocycles. The van der Waals surface area contributed by atoms with Crippen LogP contribution in [-0.4, -0.2) is 25.8 Å². The Hall–Kier alpha value is -4.58. The number of ketones is 2. The highest BCUT2D eigenvalue weighted by Gasteiger charge is 2.32. The van der Waals surface area contributed by atoms with Gasteiger partial charge in [0.1, 0.15) is 11.5 Å². The van der Waals surface area contributed by atoms with E-state index >= 15 is 0 Å². The summed E-state index contributed by atoms with van der Waals surface area (Å²) in [6.07, 6.45) is 0. The number of rotatable bonds is 6. The third-order valence-electron chi connectivity index (χ3n) is 5.79. The zero-order valence-electron chi connectivity index (χ0n) is 18.7. The molecule has 0 radical (unpaired) electrons. The van der Waals surface area contributed by atoms with E-state index in [9.17, 15) is 9.59 Å². The van der Waals surface area contributed by atoms with Gasteiger partial charge in [0.05, 0.1) is 36.8 Å². The zero-order chi connectivity index (χ0) is 23.7. The van der Waals surface area contributed by atoms with Crippen LogP contribution in [0, 0.1) is 0 Å². The van der Waals surface area contributed by atoms with Gasteiger partial charge in [-0.1, -0.05) is 48.5 Å². The molecule has 0 heterocycles. The number of fused-ring (bicyclic) bond motifs is 2. The van der Waals surface area contributed by atoms with Gasteiger partial charge in [-0.15, -0.1) is 0 Å². The van der Waals surface area contributed by atoms with Crippen molar-refractivity contribution in [1.29, 1.82) is 0 Å². The Morgan fingerprint density at radius 2 is 1.09 bits per heavy atom. The molecule has 0 bridgehead atoms. The Morgan fingerprint density at radius 1 is 0.559 bits per heavy atom. The maximum Gasteiger partial charge on any atom is 0.196 e. The summed E-state index contributed by atoms with van der Waals surface area (Å²) in [6, 6.07) is 25.4. The van der Waals surface area contributed by atoms with E-state index in [0.717, 1.165) is 5.69 Å². The molecule has 0 saturated carbocycles. The van der Waals surface area contributed by atoms with Crippen LogP contribution < -0.4 is 20.1 Å². The Labute approximate surface area is 197 Å². The minimum absolute atomic E-state index is 0.197. The summed E-state index contributed by atoms with van der Waals surface area (Å²) in [6.45, 7) is 0. The third kappa shape index (κ3) is 3.65. The van der Waals surface area contributed by atoms with Gasteiger partial charge in [0, 0.05) is 22.4 Å². The number of nitrogens with one attached hydrogen (secondary N) is 2. The van der Waals surface area contributed by atoms with Gasteiger partial charge in [-0.25, -0.2) is 0 Å². The smallest absolute Gasteiger partial charge is 0.196 e. The van der Waals surface area contributed by atoms with Gasteiger partial charge in [-0.3, -0.25) is 9.59 Å². The highest BCUT2D eigenvalue weighted by atomic mass is 16.5. The first-order valence-electron chi connectivity index (χ1n) is 10.8. The fourth-order valence-electron chi connectivity index (χ4n) is 4.19. The average molecular weight is 450 g/mol. The summed E-state index contributed by atoms with van der Waals surface area (Å²) in [4.78, 5) is 27.0. The van der Waals surface area contributed by atoms with Crippen molar-refractivity contribution < 1.29 is 19.1 Å². The Kier molecular flexibility index (Phi) is 5.47. The first-order chi connectivity index (χ1) is 16.6. The third-order valence-corrected chi connectivity index (χ3v) is 5.79. The van der Waals surface area contributed by atoms with E-state index in [1.807, 2.05) is 54.6 Å². The summed E-state index contributed by atoms with van der Waals surface area (Å²) in [5.74, 6) is 0.880. The lowest BCUT2D eigenvalue weighted by molar-refractivity contribution is 0.0980. The molecule has 5 rings (SSSR count). The van der Waals surface area contributed by atoms with Crippen molar-refractivity contribution in [3.05, 3.63) is 107 Å². The molecule has 0 atom stereocenters. The first-order valence-corrected chi connectivity index (χ1v) is 10.8. The molecule has 0 fully saturated rings. The van der Waals surface area contributed by atoms with E-state index in [-0.39, 0.29) is 11.6 Å². The summed E-state index contributed by atoms with van der Waals surface area (Å²) in [7, 11) is 3.18. The fourth-order valence-corrected chi connectivity index (χ4v) is 4.19. The number of para-hydroxylation sites is 4. The van der Waals surface area contributed by atoms with Crippen LogP contribution in [0.5, 0.6) is 11.5 Å². The van der Waals surface area contributed by atoms with E-state index < -0.39 is 0 Å². The van der Waals surface area contributed by atoms with Gasteiger partial charge in [0.15, 0.2) is 11.6 Å². The number of benzene rings is 4. The van der Waals surface area contributed by atoms with Gasteiger partial charge in [-0.05, 0) is 36.4 Å². The molecule has 6 heteroatoms. The van der Waals surface area contributed by atoms with Crippen LogP contribution in [0.1, 0.15) is 31.8 Å². The zero-order valence-corrected chi connectivity index (χ0v) is 18.7. The molecule has 6 nitrogen and oxygen atoms in total. The van der Waals surface area contributed by atoms with Gasteiger partial charge in [0.2, 0.25) is 0 Å². The fraction of sp³-hybridized carbons (Fsp3) is 0.0714. The summed E-state index contributed by atoms with van der Waals surface area (Å²) in [5.41, 5.74) is 4.03. The second kappa shape index (κ2) is 8.75. The number of hydrogen-bond acceptors (Lipinski definition) is 6. The second-order valence-electron chi connectivity index (χ2n) is 7.80. The number of carbonyl (C=O) groups excluding carboxylic acids is 2. The molecule has 4 aromatic carbocycles. The molecule has 1 aliphatic rings. The lowest BCUT2D eigenvalue weighted by Gasteiger charge is -2.23. The molecule has 0 unspecified atom stereocenters. The largest absolute Gasteiger partial charge is 0.495 e. The van der Waals surface area contributed by atoms with Crippen molar-refractivity contribution in [2.75, 3.05) is 24.9 Å². The summed E-state index contributed by atoms with van der Waals surface area (Å²) < 4.78 is 10.9. The van der Waals surface area contributed by atoms with Crippen LogP contribution in [0.3, 0.4) is 0 Å². The highest BCUT2D eigenvalue weighted by molar-refractivity contribution is 6.30. The topological polar surface area (TPSA) is 76.7 Å². The van der Waals surface area contributed by atoms with Crippen molar-refractivity contribution in [2.45, 2.75) is 0 Å². The van der Waals surface area contributed by atoms with Crippen LogP contribution in [0.4, 0.5) is 22.7 Å². The second-order valence-corrected chi connectivity index (χ2v) is 7.80. The van der Waals surface area contributed by atoms with E-state index in [1.165, 1.54) is 0 Å². The van der Waals surface area contributed by atoms with E-state index in [0.29, 0.717) is 50.8 Å². The number of methoxy groups -OCH3 is 2. The molecule has 2 N–H and O–H groups in total. The predicted octanol–water partition coefficient (Wildman–Crippen LogP) is 5.97. The quantitative estimate of drug-likeness (QED) is 0.332. The monoisotopic (exact) mass is 450 g/mol. The molecule has 0 saturated heterocycles. The normalized spacial score (nSPS) is 11.9. The minimum Gasteiger partial charge on any atom is -0.495 e. The molecule has 34 heavy (non-hydrogen) atoms. The number of carbonyl (C=O) groups is 2. The standard InChI is InChI=1S/C28H22N2O4/c1-33-24-13-7-5-11-21(24)29-17-15-20-26(28(32)19-10-4-3-9-18(19)27(20)31)23(16-17)30-22-12-6-8-14-25(22)34-2/h3-16,29-30H,1-2H3. The predicted molar refractivity (Wildman–Crippen MR) is 132 cm³/mol. The van der Waals surface area contributed by atoms with Gasteiger partial charge >= 0.3 is 0 Å². The molecule has 0 aromatic heterocycles. The maximum atomic E-state index is 13.5. The van der Waals surface area contributed by atoms with Crippen LogP contribution >= 0.6 is 0 Å². The number of ether oxygens (including phenoxy) is 2. The van der Waals surface area contributed by atoms with E-state index in [1.54, 1.807) is 44.6 Å². The van der Waals surface area contributed by atoms with Crippen molar-refractivity contribution in [3.63, 3.8) is 0 Å². The first kappa shape index (κ1) is 21.3.